The van der Waals surface area contributed by atoms with Gasteiger partial charge in [0.15, 0.2) is 12.2 Å². The molecule has 0 unspecified atom stereocenters. The number of nitrogens with zero attached hydrogens (tertiary/aromatic N) is 1. The molecule has 6 nitrogen and oxygen atoms in total. The van der Waals surface area contributed by atoms with E-state index in [0.717, 1.165) is 5.39 Å². The molecule has 0 saturated carbocycles. The summed E-state index contributed by atoms with van der Waals surface area (Å²) in [5, 5.41) is 3.98. The van der Waals surface area contributed by atoms with Gasteiger partial charge in [0.2, 0.25) is 5.89 Å². The lowest BCUT2D eigenvalue weighted by Gasteiger charge is -2.10. The molecule has 0 aliphatic carbocycles. The molecule has 0 bridgehead atoms. The second-order valence-corrected chi connectivity index (χ2v) is 7.33. The average molecular weight is 440 g/mol. The molecule has 0 spiro atoms. The summed E-state index contributed by atoms with van der Waals surface area (Å²) in [6.45, 7) is -0.488. The Balaban J connectivity index is 1.42. The summed E-state index contributed by atoms with van der Waals surface area (Å²) in [6, 6.07) is 23.5. The van der Waals surface area contributed by atoms with Crippen molar-refractivity contribution in [1.82, 2.24) is 4.98 Å². The fraction of sp³-hybridized carbons (Fsp3) is 0.0385. The van der Waals surface area contributed by atoms with Gasteiger partial charge >= 0.3 is 5.97 Å². The van der Waals surface area contributed by atoms with Crippen molar-refractivity contribution in [3.63, 3.8) is 0 Å². The van der Waals surface area contributed by atoms with E-state index in [9.17, 15) is 14.0 Å². The zero-order chi connectivity index (χ0) is 22.8. The number of rotatable bonds is 5. The first kappa shape index (κ1) is 20.4. The van der Waals surface area contributed by atoms with E-state index in [4.69, 9.17) is 9.15 Å². The molecule has 1 amide bonds. The second-order valence-electron chi connectivity index (χ2n) is 7.33. The van der Waals surface area contributed by atoms with Crippen LogP contribution < -0.4 is 5.32 Å². The van der Waals surface area contributed by atoms with Gasteiger partial charge in [0.25, 0.3) is 5.91 Å². The highest BCUT2D eigenvalue weighted by atomic mass is 19.1. The number of esters is 1. The number of benzene rings is 4. The summed E-state index contributed by atoms with van der Waals surface area (Å²) >= 11 is 0. The fourth-order valence-electron chi connectivity index (χ4n) is 3.62. The highest BCUT2D eigenvalue weighted by Crippen LogP contribution is 2.33. The Bertz CT molecular complexity index is 1450. The first-order valence-electron chi connectivity index (χ1n) is 10.2. The van der Waals surface area contributed by atoms with Gasteiger partial charge < -0.3 is 14.5 Å². The Morgan fingerprint density at radius 3 is 2.45 bits per heavy atom. The van der Waals surface area contributed by atoms with Crippen LogP contribution in [0, 0.1) is 5.82 Å². The number of halogens is 1. The number of carbonyl (C=O) groups excluding carboxylic acids is 2. The largest absolute Gasteiger partial charge is 0.452 e. The van der Waals surface area contributed by atoms with Gasteiger partial charge in [-0.25, -0.2) is 14.2 Å². The van der Waals surface area contributed by atoms with Crippen molar-refractivity contribution in [2.45, 2.75) is 0 Å². The Hall–Kier alpha value is -4.52. The molecular weight excluding hydrogens is 423 g/mol. The SMILES string of the molecule is O=C(COC(=O)c1cccc2cccc(-c3nc4ccccc4o3)c12)Nc1ccc(F)cc1. The highest BCUT2D eigenvalue weighted by molar-refractivity contribution is 6.10. The van der Waals surface area contributed by atoms with Crippen LogP contribution in [0.15, 0.2) is 89.3 Å². The molecule has 5 aromatic rings. The van der Waals surface area contributed by atoms with E-state index in [0.29, 0.717) is 39.2 Å². The first-order chi connectivity index (χ1) is 16.1. The second kappa shape index (κ2) is 8.55. The van der Waals surface area contributed by atoms with Gasteiger partial charge in [0.05, 0.1) is 5.56 Å². The highest BCUT2D eigenvalue weighted by Gasteiger charge is 2.19. The summed E-state index contributed by atoms with van der Waals surface area (Å²) in [5.74, 6) is -1.21. The van der Waals surface area contributed by atoms with Crippen molar-refractivity contribution in [3.8, 4) is 11.5 Å². The Morgan fingerprint density at radius 2 is 1.67 bits per heavy atom. The van der Waals surface area contributed by atoms with Crippen LogP contribution in [0.4, 0.5) is 10.1 Å². The van der Waals surface area contributed by atoms with E-state index in [1.54, 1.807) is 12.1 Å². The van der Waals surface area contributed by atoms with E-state index < -0.39 is 24.3 Å². The summed E-state index contributed by atoms with van der Waals surface area (Å²) in [7, 11) is 0. The summed E-state index contributed by atoms with van der Waals surface area (Å²) in [6.07, 6.45) is 0. The molecule has 0 aliphatic heterocycles. The van der Waals surface area contributed by atoms with E-state index in [1.165, 1.54) is 24.3 Å². The summed E-state index contributed by atoms with van der Waals surface area (Å²) < 4.78 is 24.2. The van der Waals surface area contributed by atoms with Crippen LogP contribution in [-0.4, -0.2) is 23.5 Å². The number of carbonyl (C=O) groups is 2. The van der Waals surface area contributed by atoms with Crippen LogP contribution in [0.25, 0.3) is 33.3 Å². The molecule has 5 rings (SSSR count). The molecule has 0 saturated heterocycles. The van der Waals surface area contributed by atoms with Crippen molar-refractivity contribution in [2.75, 3.05) is 11.9 Å². The number of ether oxygens (including phenoxy) is 1. The van der Waals surface area contributed by atoms with E-state index in [-0.39, 0.29) is 0 Å². The van der Waals surface area contributed by atoms with Crippen molar-refractivity contribution >= 4 is 39.4 Å². The molecule has 1 N–H and O–H groups in total. The van der Waals surface area contributed by atoms with Crippen molar-refractivity contribution < 1.29 is 23.1 Å². The third-order valence-electron chi connectivity index (χ3n) is 5.11. The minimum Gasteiger partial charge on any atom is -0.452 e. The lowest BCUT2D eigenvalue weighted by Crippen LogP contribution is -2.21. The molecule has 7 heteroatoms. The lowest BCUT2D eigenvalue weighted by atomic mass is 9.99. The predicted octanol–water partition coefficient (Wildman–Crippen LogP) is 5.58. The number of oxazole rings is 1. The number of fused-ring (bicyclic) bond motifs is 2. The number of hydrogen-bond donors (Lipinski definition) is 1. The molecule has 0 atom stereocenters. The topological polar surface area (TPSA) is 81.4 Å². The first-order valence-corrected chi connectivity index (χ1v) is 10.2. The van der Waals surface area contributed by atoms with Gasteiger partial charge in [-0.1, -0.05) is 36.4 Å². The molecule has 162 valence electrons. The smallest absolute Gasteiger partial charge is 0.339 e. The monoisotopic (exact) mass is 440 g/mol. The van der Waals surface area contributed by atoms with Crippen LogP contribution in [0.5, 0.6) is 0 Å². The number of anilines is 1. The molecule has 0 radical (unpaired) electrons. The quantitative estimate of drug-likeness (QED) is 0.361. The standard InChI is InChI=1S/C26H17FN2O4/c27-17-11-13-18(14-12-17)28-23(30)15-32-26(31)20-8-4-6-16-5-3-7-19(24(16)20)25-29-21-9-1-2-10-22(21)33-25/h1-14H,15H2,(H,28,30). The fourth-order valence-corrected chi connectivity index (χ4v) is 3.62. The third-order valence-corrected chi connectivity index (χ3v) is 5.11. The van der Waals surface area contributed by atoms with Gasteiger partial charge in [-0.15, -0.1) is 0 Å². The molecular formula is C26H17FN2O4. The minimum absolute atomic E-state index is 0.292. The molecule has 33 heavy (non-hydrogen) atoms. The maximum atomic E-state index is 13.0. The molecule has 1 aromatic heterocycles. The van der Waals surface area contributed by atoms with E-state index in [1.807, 2.05) is 48.5 Å². The van der Waals surface area contributed by atoms with Crippen LogP contribution >= 0.6 is 0 Å². The van der Waals surface area contributed by atoms with Crippen LogP contribution in [0.1, 0.15) is 10.4 Å². The molecule has 0 fully saturated rings. The average Bonchev–Trinajstić information content (AvgIpc) is 3.27. The summed E-state index contributed by atoms with van der Waals surface area (Å²) in [5.41, 5.74) is 2.69. The lowest BCUT2D eigenvalue weighted by molar-refractivity contribution is -0.119. The van der Waals surface area contributed by atoms with Crippen LogP contribution in [-0.2, 0) is 9.53 Å². The maximum Gasteiger partial charge on any atom is 0.339 e. The minimum atomic E-state index is -0.654. The van der Waals surface area contributed by atoms with E-state index >= 15 is 0 Å². The number of nitrogens with one attached hydrogen (secondary N) is 1. The van der Waals surface area contributed by atoms with Crippen molar-refractivity contribution in [3.05, 3.63) is 96.3 Å². The van der Waals surface area contributed by atoms with Gasteiger partial charge in [-0.2, -0.15) is 0 Å². The third kappa shape index (κ3) is 4.16. The van der Waals surface area contributed by atoms with Gasteiger partial charge in [-0.3, -0.25) is 4.79 Å². The Kier molecular flexibility index (Phi) is 5.28. The van der Waals surface area contributed by atoms with Crippen molar-refractivity contribution in [1.29, 1.82) is 0 Å². The number of hydrogen-bond acceptors (Lipinski definition) is 5. The molecule has 0 aliphatic rings. The number of amides is 1. The predicted molar refractivity (Wildman–Crippen MR) is 122 cm³/mol. The maximum absolute atomic E-state index is 13.0. The molecule has 4 aromatic carbocycles. The Labute approximate surface area is 187 Å². The van der Waals surface area contributed by atoms with E-state index in [2.05, 4.69) is 10.3 Å². The zero-order valence-corrected chi connectivity index (χ0v) is 17.2. The zero-order valence-electron chi connectivity index (χ0n) is 17.2. The van der Waals surface area contributed by atoms with Crippen LogP contribution in [0.3, 0.4) is 0 Å². The summed E-state index contributed by atoms with van der Waals surface area (Å²) in [4.78, 5) is 29.6. The number of para-hydroxylation sites is 2. The van der Waals surface area contributed by atoms with Crippen LogP contribution in [0.2, 0.25) is 0 Å². The van der Waals surface area contributed by atoms with Gasteiger partial charge in [0, 0.05) is 16.6 Å². The van der Waals surface area contributed by atoms with Gasteiger partial charge in [-0.05, 0) is 53.9 Å². The normalized spacial score (nSPS) is 10.9. The Morgan fingerprint density at radius 1 is 0.909 bits per heavy atom. The van der Waals surface area contributed by atoms with Crippen molar-refractivity contribution in [2.24, 2.45) is 0 Å². The molecule has 1 heterocycles. The number of aromatic nitrogens is 1. The van der Waals surface area contributed by atoms with Gasteiger partial charge in [0.1, 0.15) is 11.3 Å².